The maximum atomic E-state index is 12.8. The fourth-order valence-corrected chi connectivity index (χ4v) is 4.43. The number of carboxylic acids is 1. The third kappa shape index (κ3) is 4.02. The lowest BCUT2D eigenvalue weighted by atomic mass is 10.0. The molecule has 0 unspecified atom stereocenters. The van der Waals surface area contributed by atoms with E-state index >= 15 is 0 Å². The molecular formula is C23H20N2O5S. The molecule has 0 aliphatic heterocycles. The molecule has 0 atom stereocenters. The second-order valence-corrected chi connectivity index (χ2v) is 9.07. The van der Waals surface area contributed by atoms with Gasteiger partial charge >= 0.3 is 5.97 Å². The van der Waals surface area contributed by atoms with Crippen molar-refractivity contribution >= 4 is 32.8 Å². The molecule has 4 rings (SSSR count). The highest BCUT2D eigenvalue weighted by Crippen LogP contribution is 2.27. The van der Waals surface area contributed by atoms with E-state index < -0.39 is 16.0 Å². The third-order valence-electron chi connectivity index (χ3n) is 5.11. The predicted octanol–water partition coefficient (Wildman–Crippen LogP) is 4.92. The van der Waals surface area contributed by atoms with Crippen molar-refractivity contribution in [1.29, 1.82) is 0 Å². The summed E-state index contributed by atoms with van der Waals surface area (Å²) in [6.07, 6.45) is 0. The maximum absolute atomic E-state index is 12.8. The molecule has 1 heterocycles. The van der Waals surface area contributed by atoms with Crippen LogP contribution in [0.1, 0.15) is 27.0 Å². The zero-order valence-corrected chi connectivity index (χ0v) is 17.9. The monoisotopic (exact) mass is 436 g/mol. The van der Waals surface area contributed by atoms with Gasteiger partial charge in [-0.1, -0.05) is 6.07 Å². The van der Waals surface area contributed by atoms with E-state index in [9.17, 15) is 18.3 Å². The van der Waals surface area contributed by atoms with Crippen LogP contribution in [0, 0.1) is 20.8 Å². The Kier molecular flexibility index (Phi) is 5.02. The van der Waals surface area contributed by atoms with Crippen LogP contribution in [0.5, 0.6) is 0 Å². The normalized spacial score (nSPS) is 11.6. The second kappa shape index (κ2) is 7.55. The van der Waals surface area contributed by atoms with E-state index in [4.69, 9.17) is 4.42 Å². The first-order valence-corrected chi connectivity index (χ1v) is 11.0. The average Bonchev–Trinajstić information content (AvgIpc) is 3.13. The first kappa shape index (κ1) is 20.6. The molecule has 7 nitrogen and oxygen atoms in total. The molecule has 0 bridgehead atoms. The fraction of sp³-hybridized carbons (Fsp3) is 0.130. The first-order chi connectivity index (χ1) is 14.6. The lowest BCUT2D eigenvalue weighted by molar-refractivity contribution is 0.0695. The maximum Gasteiger partial charge on any atom is 0.336 e. The number of oxazole rings is 1. The number of hydrogen-bond donors (Lipinski definition) is 2. The number of fused-ring (bicyclic) bond motifs is 1. The summed E-state index contributed by atoms with van der Waals surface area (Å²) < 4.78 is 33.9. The van der Waals surface area contributed by atoms with Gasteiger partial charge in [0.25, 0.3) is 10.0 Å². The van der Waals surface area contributed by atoms with Crippen LogP contribution in [0.15, 0.2) is 63.9 Å². The van der Waals surface area contributed by atoms with E-state index in [2.05, 4.69) is 9.71 Å². The van der Waals surface area contributed by atoms with E-state index in [0.29, 0.717) is 33.9 Å². The number of benzene rings is 3. The third-order valence-corrected chi connectivity index (χ3v) is 6.47. The molecule has 0 aliphatic carbocycles. The molecule has 0 aliphatic rings. The van der Waals surface area contributed by atoms with Crippen LogP contribution < -0.4 is 4.72 Å². The van der Waals surface area contributed by atoms with Crippen LogP contribution in [0.3, 0.4) is 0 Å². The number of sulfonamides is 1. The summed E-state index contributed by atoms with van der Waals surface area (Å²) in [4.78, 5) is 15.8. The Morgan fingerprint density at radius 2 is 1.71 bits per heavy atom. The summed E-state index contributed by atoms with van der Waals surface area (Å²) >= 11 is 0. The van der Waals surface area contributed by atoms with E-state index in [1.54, 1.807) is 38.1 Å². The largest absolute Gasteiger partial charge is 0.478 e. The number of carbonyl (C=O) groups is 1. The number of anilines is 1. The Morgan fingerprint density at radius 1 is 1.00 bits per heavy atom. The average molecular weight is 436 g/mol. The van der Waals surface area contributed by atoms with Crippen molar-refractivity contribution in [1.82, 2.24) is 4.98 Å². The van der Waals surface area contributed by atoms with Crippen molar-refractivity contribution in [3.05, 3.63) is 76.9 Å². The highest BCUT2D eigenvalue weighted by atomic mass is 32.2. The number of hydrogen-bond acceptors (Lipinski definition) is 5. The summed E-state index contributed by atoms with van der Waals surface area (Å²) in [6.45, 7) is 5.30. The van der Waals surface area contributed by atoms with Crippen molar-refractivity contribution in [3.8, 4) is 11.5 Å². The molecule has 2 N–H and O–H groups in total. The van der Waals surface area contributed by atoms with Crippen LogP contribution in [0.2, 0.25) is 0 Å². The van der Waals surface area contributed by atoms with Gasteiger partial charge < -0.3 is 9.52 Å². The summed E-state index contributed by atoms with van der Waals surface area (Å²) in [5.41, 5.74) is 4.63. The standard InChI is InChI=1S/C23H20N2O5S/c1-13-4-9-21-20(10-13)24-22(30-21)16-5-7-17(8-6-16)25-31(28,29)18-11-14(2)15(3)19(12-18)23(26)27/h4-12,25H,1-3H3,(H,26,27). The molecule has 0 spiro atoms. The molecule has 0 radical (unpaired) electrons. The number of nitrogens with zero attached hydrogens (tertiary/aromatic N) is 1. The minimum Gasteiger partial charge on any atom is -0.478 e. The Bertz CT molecular complexity index is 1420. The van der Waals surface area contributed by atoms with E-state index in [1.807, 2.05) is 25.1 Å². The van der Waals surface area contributed by atoms with E-state index in [-0.39, 0.29) is 10.5 Å². The van der Waals surface area contributed by atoms with Crippen molar-refractivity contribution in [2.24, 2.45) is 0 Å². The van der Waals surface area contributed by atoms with Crippen molar-refractivity contribution in [2.45, 2.75) is 25.7 Å². The molecule has 0 fully saturated rings. The van der Waals surface area contributed by atoms with Gasteiger partial charge in [0.2, 0.25) is 5.89 Å². The summed E-state index contributed by atoms with van der Waals surface area (Å²) in [7, 11) is -3.96. The smallest absolute Gasteiger partial charge is 0.336 e. The molecule has 3 aromatic carbocycles. The molecule has 4 aromatic rings. The van der Waals surface area contributed by atoms with Crippen LogP contribution in [0.4, 0.5) is 5.69 Å². The Balaban J connectivity index is 1.61. The minimum atomic E-state index is -3.96. The number of nitrogens with one attached hydrogen (secondary N) is 1. The quantitative estimate of drug-likeness (QED) is 0.460. The lowest BCUT2D eigenvalue weighted by Crippen LogP contribution is -2.15. The van der Waals surface area contributed by atoms with E-state index in [0.717, 1.165) is 11.1 Å². The zero-order chi connectivity index (χ0) is 22.3. The van der Waals surface area contributed by atoms with Gasteiger partial charge in [0.15, 0.2) is 5.58 Å². The molecule has 0 saturated heterocycles. The molecular weight excluding hydrogens is 416 g/mol. The number of aryl methyl sites for hydroxylation is 2. The summed E-state index contributed by atoms with van der Waals surface area (Å²) in [6, 6.07) is 15.0. The fourth-order valence-electron chi connectivity index (χ4n) is 3.26. The van der Waals surface area contributed by atoms with Crippen molar-refractivity contribution in [2.75, 3.05) is 4.72 Å². The van der Waals surface area contributed by atoms with Crippen LogP contribution in [-0.2, 0) is 10.0 Å². The summed E-state index contributed by atoms with van der Waals surface area (Å²) in [5.74, 6) is -0.731. The van der Waals surface area contributed by atoms with Gasteiger partial charge in [0, 0.05) is 11.3 Å². The van der Waals surface area contributed by atoms with Crippen molar-refractivity contribution < 1.29 is 22.7 Å². The molecule has 31 heavy (non-hydrogen) atoms. The highest BCUT2D eigenvalue weighted by molar-refractivity contribution is 7.92. The minimum absolute atomic E-state index is 0.0399. The number of rotatable bonds is 5. The topological polar surface area (TPSA) is 110 Å². The Morgan fingerprint density at radius 3 is 2.39 bits per heavy atom. The Labute approximate surface area is 179 Å². The molecule has 0 saturated carbocycles. The second-order valence-electron chi connectivity index (χ2n) is 7.39. The highest BCUT2D eigenvalue weighted by Gasteiger charge is 2.20. The first-order valence-electron chi connectivity index (χ1n) is 9.49. The molecule has 158 valence electrons. The number of aromatic nitrogens is 1. The molecule has 0 amide bonds. The zero-order valence-electron chi connectivity index (χ0n) is 17.1. The number of carboxylic acid groups (broad SMARTS) is 1. The summed E-state index contributed by atoms with van der Waals surface area (Å²) in [5, 5.41) is 9.35. The molecule has 1 aromatic heterocycles. The van der Waals surface area contributed by atoms with Gasteiger partial charge in [-0.2, -0.15) is 0 Å². The number of aromatic carboxylic acids is 1. The van der Waals surface area contributed by atoms with Crippen LogP contribution >= 0.6 is 0 Å². The van der Waals surface area contributed by atoms with Crippen LogP contribution in [0.25, 0.3) is 22.6 Å². The molecule has 8 heteroatoms. The Hall–Kier alpha value is -3.65. The SMILES string of the molecule is Cc1ccc2oc(-c3ccc(NS(=O)(=O)c4cc(C)c(C)c(C(=O)O)c4)cc3)nc2c1. The van der Waals surface area contributed by atoms with E-state index in [1.165, 1.54) is 12.1 Å². The lowest BCUT2D eigenvalue weighted by Gasteiger charge is -2.12. The van der Waals surface area contributed by atoms with Crippen molar-refractivity contribution in [3.63, 3.8) is 0 Å². The van der Waals surface area contributed by atoms with Gasteiger partial charge in [-0.15, -0.1) is 0 Å². The van der Waals surface area contributed by atoms with Gasteiger partial charge in [0.1, 0.15) is 5.52 Å². The van der Waals surface area contributed by atoms with Gasteiger partial charge in [0.05, 0.1) is 10.5 Å². The van der Waals surface area contributed by atoms with Gasteiger partial charge in [-0.25, -0.2) is 18.2 Å². The predicted molar refractivity (Wildman–Crippen MR) is 118 cm³/mol. The van der Waals surface area contributed by atoms with Gasteiger partial charge in [-0.3, -0.25) is 4.72 Å². The van der Waals surface area contributed by atoms with Gasteiger partial charge in [-0.05, 0) is 86.0 Å². The van der Waals surface area contributed by atoms with Crippen LogP contribution in [-0.4, -0.2) is 24.5 Å².